The van der Waals surface area contributed by atoms with Crippen LogP contribution in [0.2, 0.25) is 0 Å². The molecule has 6 heteroatoms. The van der Waals surface area contributed by atoms with Crippen LogP contribution in [0.15, 0.2) is 35.1 Å². The van der Waals surface area contributed by atoms with Gasteiger partial charge in [-0.15, -0.1) is 10.2 Å². The van der Waals surface area contributed by atoms with Gasteiger partial charge in [0, 0.05) is 11.5 Å². The number of hydrogen-bond acceptors (Lipinski definition) is 4. The Bertz CT molecular complexity index is 595. The number of halogens is 1. The van der Waals surface area contributed by atoms with Crippen LogP contribution < -0.4 is 0 Å². The summed E-state index contributed by atoms with van der Waals surface area (Å²) in [6, 6.07) is 7.95. The lowest BCUT2D eigenvalue weighted by Crippen LogP contribution is -2.51. The van der Waals surface area contributed by atoms with Crippen molar-refractivity contribution in [2.45, 2.75) is 11.5 Å². The molecule has 1 aliphatic heterocycles. The predicted octanol–water partition coefficient (Wildman–Crippen LogP) is 1.58. The summed E-state index contributed by atoms with van der Waals surface area (Å²) in [7, 11) is 1.83. The first kappa shape index (κ1) is 12.8. The third kappa shape index (κ3) is 2.00. The zero-order chi connectivity index (χ0) is 13.5. The molecule has 0 bridgehead atoms. The Hall–Kier alpha value is -1.24. The van der Waals surface area contributed by atoms with Crippen molar-refractivity contribution in [2.24, 2.45) is 7.05 Å². The minimum absolute atomic E-state index is 0.440. The smallest absolute Gasteiger partial charge is 0.162 e. The molecule has 1 fully saturated rings. The second-order valence-electron chi connectivity index (χ2n) is 4.86. The predicted molar refractivity (Wildman–Crippen MR) is 72.6 cm³/mol. The lowest BCUT2D eigenvalue weighted by molar-refractivity contribution is -0.124. The monoisotopic (exact) mass is 323 g/mol. The normalized spacial score (nSPS) is 18.9. The van der Waals surface area contributed by atoms with E-state index in [0.29, 0.717) is 19.0 Å². The first-order chi connectivity index (χ1) is 9.13. The van der Waals surface area contributed by atoms with Gasteiger partial charge in [0.05, 0.1) is 18.6 Å². The molecule has 0 saturated carbocycles. The molecule has 1 aromatic carbocycles. The fourth-order valence-electron chi connectivity index (χ4n) is 2.39. The van der Waals surface area contributed by atoms with Crippen LogP contribution in [0.4, 0.5) is 0 Å². The maximum Gasteiger partial charge on any atom is 0.162 e. The summed E-state index contributed by atoms with van der Waals surface area (Å²) < 4.78 is 8.09. The van der Waals surface area contributed by atoms with Gasteiger partial charge < -0.3 is 14.4 Å². The number of aromatic nitrogens is 3. The number of aliphatic hydroxyl groups excluding tert-OH is 1. The van der Waals surface area contributed by atoms with Crippen molar-refractivity contribution < 1.29 is 9.84 Å². The SMILES string of the molecule is Cn1cnnc1[C@H](O)C1(c2cccc(Br)c2)COC1. The van der Waals surface area contributed by atoms with Crippen molar-refractivity contribution >= 4 is 15.9 Å². The molecule has 1 aromatic heterocycles. The molecule has 0 aliphatic carbocycles. The number of ether oxygens (including phenoxy) is 1. The molecular formula is C13H14BrN3O2. The van der Waals surface area contributed by atoms with E-state index in [9.17, 15) is 5.11 Å². The Morgan fingerprint density at radius 2 is 2.26 bits per heavy atom. The first-order valence-corrected chi connectivity index (χ1v) is 6.78. The van der Waals surface area contributed by atoms with Gasteiger partial charge in [0.2, 0.25) is 0 Å². The van der Waals surface area contributed by atoms with Crippen LogP contribution in [0, 0.1) is 0 Å². The molecule has 5 nitrogen and oxygen atoms in total. The highest BCUT2D eigenvalue weighted by Gasteiger charge is 2.49. The summed E-state index contributed by atoms with van der Waals surface area (Å²) in [6.45, 7) is 0.967. The highest BCUT2D eigenvalue weighted by atomic mass is 79.9. The highest BCUT2D eigenvalue weighted by Crippen LogP contribution is 2.43. The van der Waals surface area contributed by atoms with Crippen molar-refractivity contribution in [1.29, 1.82) is 0 Å². The fourth-order valence-corrected chi connectivity index (χ4v) is 2.79. The van der Waals surface area contributed by atoms with Gasteiger partial charge in [-0.1, -0.05) is 28.1 Å². The topological polar surface area (TPSA) is 60.2 Å². The molecule has 1 N–H and O–H groups in total. The van der Waals surface area contributed by atoms with E-state index in [0.717, 1.165) is 10.0 Å². The largest absolute Gasteiger partial charge is 0.384 e. The molecule has 1 aliphatic rings. The summed E-state index contributed by atoms with van der Waals surface area (Å²) >= 11 is 3.46. The van der Waals surface area contributed by atoms with Crippen LogP contribution in [0.1, 0.15) is 17.5 Å². The lowest BCUT2D eigenvalue weighted by atomic mass is 9.73. The van der Waals surface area contributed by atoms with Gasteiger partial charge in [-0.05, 0) is 17.7 Å². The zero-order valence-corrected chi connectivity index (χ0v) is 12.0. The van der Waals surface area contributed by atoms with E-state index in [1.165, 1.54) is 0 Å². The van der Waals surface area contributed by atoms with Gasteiger partial charge in [-0.25, -0.2) is 0 Å². The Kier molecular flexibility index (Phi) is 3.16. The molecule has 0 unspecified atom stereocenters. The first-order valence-electron chi connectivity index (χ1n) is 5.99. The summed E-state index contributed by atoms with van der Waals surface area (Å²) in [5.74, 6) is 0.559. The van der Waals surface area contributed by atoms with E-state index < -0.39 is 11.5 Å². The molecule has 3 rings (SSSR count). The summed E-state index contributed by atoms with van der Waals surface area (Å²) in [6.07, 6.45) is 0.857. The standard InChI is InChI=1S/C13H14BrN3O2/c1-17-8-15-16-12(17)11(18)13(6-19-7-13)9-3-2-4-10(14)5-9/h2-5,8,11,18H,6-7H2,1H3/t11-/m0/s1. The van der Waals surface area contributed by atoms with Gasteiger partial charge in [-0.2, -0.15) is 0 Å². The number of hydrogen-bond donors (Lipinski definition) is 1. The van der Waals surface area contributed by atoms with Crippen molar-refractivity contribution in [1.82, 2.24) is 14.8 Å². The average Bonchev–Trinajstić information content (AvgIpc) is 2.74. The van der Waals surface area contributed by atoms with Crippen LogP contribution >= 0.6 is 15.9 Å². The van der Waals surface area contributed by atoms with Gasteiger partial charge in [0.1, 0.15) is 12.4 Å². The Balaban J connectivity index is 2.02. The maximum absolute atomic E-state index is 10.7. The molecule has 2 aromatic rings. The van der Waals surface area contributed by atoms with Crippen LogP contribution in [0.25, 0.3) is 0 Å². The van der Waals surface area contributed by atoms with Crippen molar-refractivity contribution in [3.8, 4) is 0 Å². The van der Waals surface area contributed by atoms with E-state index in [1.807, 2.05) is 31.3 Å². The lowest BCUT2D eigenvalue weighted by Gasteiger charge is -2.44. The number of benzene rings is 1. The Morgan fingerprint density at radius 3 is 2.79 bits per heavy atom. The third-order valence-corrected chi connectivity index (χ3v) is 4.13. The molecule has 1 saturated heterocycles. The van der Waals surface area contributed by atoms with Crippen molar-refractivity contribution in [3.63, 3.8) is 0 Å². The number of nitrogens with zero attached hydrogens (tertiary/aromatic N) is 3. The maximum atomic E-state index is 10.7. The molecule has 19 heavy (non-hydrogen) atoms. The number of aryl methyl sites for hydroxylation is 1. The zero-order valence-electron chi connectivity index (χ0n) is 10.5. The van der Waals surface area contributed by atoms with Gasteiger partial charge in [-0.3, -0.25) is 0 Å². The minimum Gasteiger partial charge on any atom is -0.384 e. The van der Waals surface area contributed by atoms with E-state index in [-0.39, 0.29) is 0 Å². The molecule has 2 heterocycles. The molecule has 0 spiro atoms. The quantitative estimate of drug-likeness (QED) is 0.931. The molecule has 100 valence electrons. The second kappa shape index (κ2) is 4.70. The third-order valence-electron chi connectivity index (χ3n) is 3.63. The van der Waals surface area contributed by atoms with Crippen molar-refractivity contribution in [2.75, 3.05) is 13.2 Å². The Labute approximate surface area is 119 Å². The summed E-state index contributed by atoms with van der Waals surface area (Å²) in [4.78, 5) is 0. The van der Waals surface area contributed by atoms with Crippen LogP contribution in [0.3, 0.4) is 0 Å². The van der Waals surface area contributed by atoms with Gasteiger partial charge >= 0.3 is 0 Å². The van der Waals surface area contributed by atoms with E-state index in [1.54, 1.807) is 10.9 Å². The molecular weight excluding hydrogens is 310 g/mol. The van der Waals surface area contributed by atoms with Gasteiger partial charge in [0.15, 0.2) is 5.82 Å². The van der Waals surface area contributed by atoms with Crippen LogP contribution in [0.5, 0.6) is 0 Å². The second-order valence-corrected chi connectivity index (χ2v) is 5.78. The van der Waals surface area contributed by atoms with Crippen LogP contribution in [-0.4, -0.2) is 33.1 Å². The number of aliphatic hydroxyl groups is 1. The highest BCUT2D eigenvalue weighted by molar-refractivity contribution is 9.10. The van der Waals surface area contributed by atoms with Crippen LogP contribution in [-0.2, 0) is 17.2 Å². The fraction of sp³-hybridized carbons (Fsp3) is 0.385. The number of rotatable bonds is 3. The molecule has 0 amide bonds. The molecule has 1 atom stereocenters. The van der Waals surface area contributed by atoms with E-state index in [4.69, 9.17) is 4.74 Å². The van der Waals surface area contributed by atoms with Gasteiger partial charge in [0.25, 0.3) is 0 Å². The average molecular weight is 324 g/mol. The summed E-state index contributed by atoms with van der Waals surface area (Å²) in [5, 5.41) is 18.5. The van der Waals surface area contributed by atoms with E-state index >= 15 is 0 Å². The van der Waals surface area contributed by atoms with Crippen molar-refractivity contribution in [3.05, 3.63) is 46.5 Å². The Morgan fingerprint density at radius 1 is 1.47 bits per heavy atom. The molecule has 0 radical (unpaired) electrons. The van der Waals surface area contributed by atoms with E-state index in [2.05, 4.69) is 26.1 Å². The minimum atomic E-state index is -0.733. The summed E-state index contributed by atoms with van der Waals surface area (Å²) in [5.41, 5.74) is 0.605.